The predicted octanol–water partition coefficient (Wildman–Crippen LogP) is 1.83. The van der Waals surface area contributed by atoms with Gasteiger partial charge in [-0.25, -0.2) is 4.79 Å². The minimum absolute atomic E-state index is 0.196. The Morgan fingerprint density at radius 1 is 1.04 bits per heavy atom. The zero-order valence-corrected chi connectivity index (χ0v) is 13.8. The van der Waals surface area contributed by atoms with Crippen molar-refractivity contribution in [2.24, 2.45) is 5.92 Å². The molecule has 0 spiro atoms. The lowest BCUT2D eigenvalue weighted by molar-refractivity contribution is -0.167. The minimum atomic E-state index is -0.855. The van der Waals surface area contributed by atoms with Gasteiger partial charge in [-0.2, -0.15) is 0 Å². The molecule has 2 aliphatic rings. The topological polar surface area (TPSA) is 92.8 Å². The molecule has 132 valence electrons. The van der Waals surface area contributed by atoms with Crippen LogP contribution in [0, 0.1) is 5.92 Å². The Bertz CT molecular complexity index is 674. The zero-order valence-electron chi connectivity index (χ0n) is 13.8. The van der Waals surface area contributed by atoms with E-state index in [4.69, 9.17) is 4.84 Å². The van der Waals surface area contributed by atoms with Gasteiger partial charge in [0.1, 0.15) is 6.54 Å². The summed E-state index contributed by atoms with van der Waals surface area (Å²) in [6, 6.07) is 6.24. The van der Waals surface area contributed by atoms with E-state index in [1.165, 1.54) is 18.6 Å². The summed E-state index contributed by atoms with van der Waals surface area (Å²) < 4.78 is 0. The Morgan fingerprint density at radius 3 is 2.24 bits per heavy atom. The first-order chi connectivity index (χ1) is 12.1. The van der Waals surface area contributed by atoms with Gasteiger partial charge in [0.05, 0.1) is 11.1 Å². The lowest BCUT2D eigenvalue weighted by atomic mass is 9.87. The number of nitrogens with one attached hydrogen (secondary N) is 1. The molecule has 0 unspecified atom stereocenters. The van der Waals surface area contributed by atoms with Gasteiger partial charge in [-0.3, -0.25) is 14.4 Å². The molecule has 0 saturated heterocycles. The number of hydroxylamine groups is 2. The highest BCUT2D eigenvalue weighted by atomic mass is 16.7. The Kier molecular flexibility index (Phi) is 5.11. The summed E-state index contributed by atoms with van der Waals surface area (Å²) in [5.41, 5.74) is 0.392. The van der Waals surface area contributed by atoms with Crippen LogP contribution in [0.5, 0.6) is 0 Å². The molecule has 0 radical (unpaired) electrons. The summed E-state index contributed by atoms with van der Waals surface area (Å²) in [5, 5.41) is 2.94. The standard InChI is InChI=1S/C18H20N2O5/c21-15(10-12-6-2-1-3-7-12)19-11-16(22)25-20-17(23)13-8-4-5-9-14(13)18(20)24/h4-5,8-9,12H,1-3,6-7,10-11H2,(H,19,21). The molecule has 0 aromatic heterocycles. The van der Waals surface area contributed by atoms with Crippen molar-refractivity contribution >= 4 is 23.7 Å². The second-order valence-corrected chi connectivity index (χ2v) is 6.40. The largest absolute Gasteiger partial charge is 0.352 e. The minimum Gasteiger partial charge on any atom is -0.345 e. The van der Waals surface area contributed by atoms with E-state index in [2.05, 4.69) is 5.32 Å². The Morgan fingerprint density at radius 2 is 1.64 bits per heavy atom. The Balaban J connectivity index is 1.47. The third kappa shape index (κ3) is 3.87. The number of hydrogen-bond acceptors (Lipinski definition) is 5. The molecule has 1 aromatic rings. The van der Waals surface area contributed by atoms with Crippen LogP contribution in [0.15, 0.2) is 24.3 Å². The van der Waals surface area contributed by atoms with E-state index in [0.717, 1.165) is 25.7 Å². The van der Waals surface area contributed by atoms with E-state index in [0.29, 0.717) is 17.4 Å². The molecule has 1 N–H and O–H groups in total. The summed E-state index contributed by atoms with van der Waals surface area (Å²) in [6.07, 6.45) is 5.95. The Labute approximate surface area is 145 Å². The lowest BCUT2D eigenvalue weighted by Crippen LogP contribution is -2.38. The highest BCUT2D eigenvalue weighted by Gasteiger charge is 2.38. The third-order valence-corrected chi connectivity index (χ3v) is 4.58. The van der Waals surface area contributed by atoms with E-state index in [9.17, 15) is 19.2 Å². The molecule has 1 aliphatic heterocycles. The van der Waals surface area contributed by atoms with Crippen LogP contribution in [0.1, 0.15) is 59.2 Å². The molecule has 1 heterocycles. The fourth-order valence-corrected chi connectivity index (χ4v) is 3.28. The lowest BCUT2D eigenvalue weighted by Gasteiger charge is -2.20. The van der Waals surface area contributed by atoms with Gasteiger partial charge >= 0.3 is 5.97 Å². The van der Waals surface area contributed by atoms with Gasteiger partial charge < -0.3 is 10.2 Å². The Hall–Kier alpha value is -2.70. The normalized spacial score (nSPS) is 17.4. The molecular weight excluding hydrogens is 324 g/mol. The molecule has 1 aliphatic carbocycles. The van der Waals surface area contributed by atoms with Gasteiger partial charge in [0.25, 0.3) is 11.8 Å². The quantitative estimate of drug-likeness (QED) is 0.823. The van der Waals surface area contributed by atoms with Crippen molar-refractivity contribution in [2.45, 2.75) is 38.5 Å². The maximum absolute atomic E-state index is 12.1. The molecule has 7 heteroatoms. The number of carbonyl (C=O) groups is 4. The second kappa shape index (κ2) is 7.46. The van der Waals surface area contributed by atoms with E-state index in [-0.39, 0.29) is 23.6 Å². The van der Waals surface area contributed by atoms with Crippen molar-refractivity contribution in [2.75, 3.05) is 6.54 Å². The van der Waals surface area contributed by atoms with Crippen LogP contribution in [0.25, 0.3) is 0 Å². The van der Waals surface area contributed by atoms with Gasteiger partial charge in [0, 0.05) is 6.42 Å². The average molecular weight is 344 g/mol. The number of fused-ring (bicyclic) bond motifs is 1. The van der Waals surface area contributed by atoms with E-state index >= 15 is 0 Å². The first-order valence-electron chi connectivity index (χ1n) is 8.51. The van der Waals surface area contributed by atoms with Crippen molar-refractivity contribution in [3.8, 4) is 0 Å². The smallest absolute Gasteiger partial charge is 0.345 e. The fraction of sp³-hybridized carbons (Fsp3) is 0.444. The number of hydrogen-bond donors (Lipinski definition) is 1. The molecule has 1 saturated carbocycles. The van der Waals surface area contributed by atoms with Crippen molar-refractivity contribution in [1.82, 2.24) is 10.4 Å². The number of rotatable bonds is 5. The molecule has 1 fully saturated rings. The van der Waals surface area contributed by atoms with Crippen LogP contribution in [-0.4, -0.2) is 35.3 Å². The molecule has 3 amide bonds. The van der Waals surface area contributed by atoms with Crippen LogP contribution >= 0.6 is 0 Å². The van der Waals surface area contributed by atoms with E-state index in [1.807, 2.05) is 0 Å². The molecule has 0 bridgehead atoms. The summed E-state index contributed by atoms with van der Waals surface area (Å²) in [6.45, 7) is -0.376. The highest BCUT2D eigenvalue weighted by Crippen LogP contribution is 2.26. The van der Waals surface area contributed by atoms with Gasteiger partial charge in [-0.05, 0) is 30.9 Å². The van der Waals surface area contributed by atoms with Gasteiger partial charge in [0.2, 0.25) is 5.91 Å². The van der Waals surface area contributed by atoms with Crippen LogP contribution in [0.4, 0.5) is 0 Å². The number of amides is 3. The second-order valence-electron chi connectivity index (χ2n) is 6.40. The number of benzene rings is 1. The maximum atomic E-state index is 12.1. The predicted molar refractivity (Wildman–Crippen MR) is 87.2 cm³/mol. The average Bonchev–Trinajstić information content (AvgIpc) is 2.86. The van der Waals surface area contributed by atoms with Crippen molar-refractivity contribution in [3.05, 3.63) is 35.4 Å². The molecule has 3 rings (SSSR count). The first kappa shape index (κ1) is 17.1. The van der Waals surface area contributed by atoms with Gasteiger partial charge in [-0.1, -0.05) is 36.5 Å². The number of carbonyl (C=O) groups excluding carboxylic acids is 4. The van der Waals surface area contributed by atoms with Gasteiger partial charge in [-0.15, -0.1) is 0 Å². The van der Waals surface area contributed by atoms with Crippen LogP contribution in [0.2, 0.25) is 0 Å². The summed E-state index contributed by atoms with van der Waals surface area (Å²) in [5.74, 6) is -2.07. The van der Waals surface area contributed by atoms with Crippen LogP contribution in [0.3, 0.4) is 0 Å². The SMILES string of the molecule is O=C(CC1CCCCC1)NCC(=O)ON1C(=O)c2ccccc2C1=O. The summed E-state index contributed by atoms with van der Waals surface area (Å²) in [4.78, 5) is 52.8. The molecular formula is C18H20N2O5. The van der Waals surface area contributed by atoms with E-state index < -0.39 is 17.8 Å². The fourth-order valence-electron chi connectivity index (χ4n) is 3.28. The van der Waals surface area contributed by atoms with Crippen molar-refractivity contribution in [1.29, 1.82) is 0 Å². The molecule has 25 heavy (non-hydrogen) atoms. The molecule has 7 nitrogen and oxygen atoms in total. The third-order valence-electron chi connectivity index (χ3n) is 4.58. The first-order valence-corrected chi connectivity index (χ1v) is 8.51. The monoisotopic (exact) mass is 344 g/mol. The zero-order chi connectivity index (χ0) is 17.8. The highest BCUT2D eigenvalue weighted by molar-refractivity contribution is 6.20. The van der Waals surface area contributed by atoms with Crippen LogP contribution < -0.4 is 5.32 Å². The van der Waals surface area contributed by atoms with Crippen LogP contribution in [-0.2, 0) is 14.4 Å². The molecule has 1 aromatic carbocycles. The number of nitrogens with zero attached hydrogens (tertiary/aromatic N) is 1. The summed E-state index contributed by atoms with van der Waals surface area (Å²) >= 11 is 0. The van der Waals surface area contributed by atoms with Gasteiger partial charge in [0.15, 0.2) is 0 Å². The number of imide groups is 1. The van der Waals surface area contributed by atoms with Crippen molar-refractivity contribution in [3.63, 3.8) is 0 Å². The molecule has 0 atom stereocenters. The summed E-state index contributed by atoms with van der Waals surface area (Å²) in [7, 11) is 0. The maximum Gasteiger partial charge on any atom is 0.352 e. The van der Waals surface area contributed by atoms with E-state index in [1.54, 1.807) is 12.1 Å². The van der Waals surface area contributed by atoms with Crippen molar-refractivity contribution < 1.29 is 24.0 Å².